The van der Waals surface area contributed by atoms with E-state index in [2.05, 4.69) is 5.32 Å². The standard InChI is InChI=1S/C21H18N2OS/c1-16-12-14-17(15-13-16)20(24)22-21(25)23(18-8-4-2-5-9-18)19-10-6-3-7-11-19/h2-15H,1H3,(H,22,24,25). The van der Waals surface area contributed by atoms with E-state index in [1.165, 1.54) is 0 Å². The van der Waals surface area contributed by atoms with Gasteiger partial charge in [-0.15, -0.1) is 0 Å². The van der Waals surface area contributed by atoms with Gasteiger partial charge in [0.2, 0.25) is 0 Å². The van der Waals surface area contributed by atoms with E-state index in [-0.39, 0.29) is 5.91 Å². The van der Waals surface area contributed by atoms with Gasteiger partial charge in [-0.25, -0.2) is 0 Å². The first-order valence-electron chi connectivity index (χ1n) is 7.97. The third-order valence-electron chi connectivity index (χ3n) is 3.77. The van der Waals surface area contributed by atoms with Gasteiger partial charge >= 0.3 is 0 Å². The van der Waals surface area contributed by atoms with Gasteiger partial charge in [0, 0.05) is 16.9 Å². The Morgan fingerprint density at radius 2 is 1.28 bits per heavy atom. The van der Waals surface area contributed by atoms with Crippen LogP contribution >= 0.6 is 12.2 Å². The van der Waals surface area contributed by atoms with E-state index in [0.29, 0.717) is 10.7 Å². The Kier molecular flexibility index (Phi) is 5.21. The number of aryl methyl sites for hydroxylation is 1. The molecule has 124 valence electrons. The maximum atomic E-state index is 12.5. The first kappa shape index (κ1) is 16.9. The SMILES string of the molecule is Cc1ccc(C(=O)NC(=S)N(c2ccccc2)c2ccccc2)cc1. The van der Waals surface area contributed by atoms with E-state index in [1.54, 1.807) is 12.1 Å². The van der Waals surface area contributed by atoms with Crippen LogP contribution in [0.3, 0.4) is 0 Å². The number of benzene rings is 3. The number of para-hydroxylation sites is 2. The Labute approximate surface area is 152 Å². The number of hydrogen-bond acceptors (Lipinski definition) is 2. The van der Waals surface area contributed by atoms with Crippen molar-refractivity contribution in [3.8, 4) is 0 Å². The fourth-order valence-corrected chi connectivity index (χ4v) is 2.77. The molecule has 1 amide bonds. The molecular weight excluding hydrogens is 328 g/mol. The topological polar surface area (TPSA) is 32.3 Å². The zero-order valence-corrected chi connectivity index (χ0v) is 14.7. The van der Waals surface area contributed by atoms with E-state index in [0.717, 1.165) is 16.9 Å². The van der Waals surface area contributed by atoms with Gasteiger partial charge < -0.3 is 0 Å². The molecule has 0 unspecified atom stereocenters. The number of rotatable bonds is 3. The largest absolute Gasteiger partial charge is 0.298 e. The van der Waals surface area contributed by atoms with Crippen LogP contribution in [-0.4, -0.2) is 11.0 Å². The van der Waals surface area contributed by atoms with Crippen LogP contribution in [0.4, 0.5) is 11.4 Å². The molecule has 25 heavy (non-hydrogen) atoms. The predicted octanol–water partition coefficient (Wildman–Crippen LogP) is 4.85. The second-order valence-electron chi connectivity index (χ2n) is 5.63. The Morgan fingerprint density at radius 1 is 0.800 bits per heavy atom. The van der Waals surface area contributed by atoms with Gasteiger partial charge in [0.05, 0.1) is 0 Å². The number of anilines is 2. The van der Waals surface area contributed by atoms with Crippen molar-refractivity contribution in [3.63, 3.8) is 0 Å². The minimum absolute atomic E-state index is 0.220. The average molecular weight is 346 g/mol. The Balaban J connectivity index is 1.87. The molecule has 0 aliphatic rings. The van der Waals surface area contributed by atoms with Crippen LogP contribution < -0.4 is 10.2 Å². The summed E-state index contributed by atoms with van der Waals surface area (Å²) in [5.74, 6) is -0.220. The zero-order chi connectivity index (χ0) is 17.6. The number of nitrogens with zero attached hydrogens (tertiary/aromatic N) is 1. The Morgan fingerprint density at radius 3 is 1.76 bits per heavy atom. The minimum atomic E-state index is -0.220. The number of hydrogen-bond donors (Lipinski definition) is 1. The molecule has 3 nitrogen and oxygen atoms in total. The van der Waals surface area contributed by atoms with Crippen molar-refractivity contribution in [1.82, 2.24) is 5.32 Å². The lowest BCUT2D eigenvalue weighted by Gasteiger charge is -2.25. The molecule has 1 N–H and O–H groups in total. The van der Waals surface area contributed by atoms with E-state index >= 15 is 0 Å². The predicted molar refractivity (Wildman–Crippen MR) is 106 cm³/mol. The summed E-state index contributed by atoms with van der Waals surface area (Å²) in [6.45, 7) is 1.98. The molecule has 0 aliphatic carbocycles. The molecule has 0 atom stereocenters. The summed E-state index contributed by atoms with van der Waals surface area (Å²) >= 11 is 5.54. The lowest BCUT2D eigenvalue weighted by Crippen LogP contribution is -2.40. The molecule has 0 radical (unpaired) electrons. The molecule has 0 spiro atoms. The molecule has 0 saturated heterocycles. The van der Waals surface area contributed by atoms with Crippen LogP contribution in [-0.2, 0) is 0 Å². The molecule has 0 heterocycles. The van der Waals surface area contributed by atoms with Crippen LogP contribution in [0, 0.1) is 6.92 Å². The van der Waals surface area contributed by atoms with Crippen LogP contribution in [0.2, 0.25) is 0 Å². The van der Waals surface area contributed by atoms with Crippen molar-refractivity contribution in [2.45, 2.75) is 6.92 Å². The summed E-state index contributed by atoms with van der Waals surface area (Å²) in [4.78, 5) is 14.4. The summed E-state index contributed by atoms with van der Waals surface area (Å²) in [5.41, 5.74) is 3.47. The lowest BCUT2D eigenvalue weighted by molar-refractivity contribution is 0.0977. The highest BCUT2D eigenvalue weighted by atomic mass is 32.1. The van der Waals surface area contributed by atoms with Gasteiger partial charge in [-0.1, -0.05) is 54.1 Å². The molecule has 4 heteroatoms. The maximum absolute atomic E-state index is 12.5. The van der Waals surface area contributed by atoms with E-state index in [1.807, 2.05) is 84.6 Å². The average Bonchev–Trinajstić information content (AvgIpc) is 2.64. The van der Waals surface area contributed by atoms with Crippen molar-refractivity contribution in [2.24, 2.45) is 0 Å². The Bertz CT molecular complexity index is 822. The molecule has 0 saturated carbocycles. The summed E-state index contributed by atoms with van der Waals surface area (Å²) in [5, 5.41) is 3.17. The molecule has 0 aromatic heterocycles. The fraction of sp³-hybridized carbons (Fsp3) is 0.0476. The van der Waals surface area contributed by atoms with Gasteiger partial charge in [-0.2, -0.15) is 0 Å². The molecule has 3 rings (SSSR count). The molecular formula is C21H18N2OS. The first-order chi connectivity index (χ1) is 12.1. The molecule has 0 aliphatic heterocycles. The highest BCUT2D eigenvalue weighted by Crippen LogP contribution is 2.25. The first-order valence-corrected chi connectivity index (χ1v) is 8.38. The van der Waals surface area contributed by atoms with Crippen molar-refractivity contribution < 1.29 is 4.79 Å². The van der Waals surface area contributed by atoms with Crippen molar-refractivity contribution in [3.05, 3.63) is 96.1 Å². The second kappa shape index (κ2) is 7.73. The number of carbonyl (C=O) groups excluding carboxylic acids is 1. The van der Waals surface area contributed by atoms with Gasteiger partial charge in [0.15, 0.2) is 5.11 Å². The van der Waals surface area contributed by atoms with Gasteiger partial charge in [-0.3, -0.25) is 15.0 Å². The number of nitrogens with one attached hydrogen (secondary N) is 1. The zero-order valence-electron chi connectivity index (χ0n) is 13.8. The lowest BCUT2D eigenvalue weighted by atomic mass is 10.1. The second-order valence-corrected chi connectivity index (χ2v) is 6.02. The molecule has 0 bridgehead atoms. The summed E-state index contributed by atoms with van der Waals surface area (Å²) in [6, 6.07) is 26.9. The number of thiocarbonyl (C=S) groups is 1. The normalized spacial score (nSPS) is 10.1. The van der Waals surface area contributed by atoms with Gasteiger partial charge in [0.1, 0.15) is 0 Å². The summed E-state index contributed by atoms with van der Waals surface area (Å²) in [6.07, 6.45) is 0. The Hall–Kier alpha value is -2.98. The minimum Gasteiger partial charge on any atom is -0.298 e. The fourth-order valence-electron chi connectivity index (χ4n) is 2.47. The quantitative estimate of drug-likeness (QED) is 0.688. The maximum Gasteiger partial charge on any atom is 0.257 e. The molecule has 0 fully saturated rings. The van der Waals surface area contributed by atoms with Crippen molar-refractivity contribution >= 4 is 34.6 Å². The van der Waals surface area contributed by atoms with Crippen LogP contribution in [0.25, 0.3) is 0 Å². The highest BCUT2D eigenvalue weighted by molar-refractivity contribution is 7.80. The van der Waals surface area contributed by atoms with Crippen LogP contribution in [0.15, 0.2) is 84.9 Å². The molecule has 3 aromatic rings. The van der Waals surface area contributed by atoms with Gasteiger partial charge in [-0.05, 0) is 55.5 Å². The van der Waals surface area contributed by atoms with Crippen molar-refractivity contribution in [2.75, 3.05) is 4.90 Å². The van der Waals surface area contributed by atoms with Crippen molar-refractivity contribution in [1.29, 1.82) is 0 Å². The van der Waals surface area contributed by atoms with Gasteiger partial charge in [0.25, 0.3) is 5.91 Å². The van der Waals surface area contributed by atoms with Crippen LogP contribution in [0.1, 0.15) is 15.9 Å². The summed E-state index contributed by atoms with van der Waals surface area (Å²) < 4.78 is 0. The summed E-state index contributed by atoms with van der Waals surface area (Å²) in [7, 11) is 0. The highest BCUT2D eigenvalue weighted by Gasteiger charge is 2.17. The third-order valence-corrected chi connectivity index (χ3v) is 4.05. The van der Waals surface area contributed by atoms with E-state index in [4.69, 9.17) is 12.2 Å². The third kappa shape index (κ3) is 4.11. The van der Waals surface area contributed by atoms with E-state index in [9.17, 15) is 4.79 Å². The van der Waals surface area contributed by atoms with E-state index < -0.39 is 0 Å². The smallest absolute Gasteiger partial charge is 0.257 e. The number of amides is 1. The molecule has 3 aromatic carbocycles. The number of carbonyl (C=O) groups is 1. The monoisotopic (exact) mass is 346 g/mol. The van der Waals surface area contributed by atoms with Crippen LogP contribution in [0.5, 0.6) is 0 Å².